The van der Waals surface area contributed by atoms with Gasteiger partial charge in [-0.1, -0.05) is 29.8 Å². The van der Waals surface area contributed by atoms with Crippen molar-refractivity contribution in [3.8, 4) is 28.6 Å². The zero-order valence-corrected chi connectivity index (χ0v) is 17.4. The van der Waals surface area contributed by atoms with Gasteiger partial charge in [-0.2, -0.15) is 0 Å². The van der Waals surface area contributed by atoms with E-state index in [2.05, 4.69) is 0 Å². The Hall–Kier alpha value is -3.77. The highest BCUT2D eigenvalue weighted by molar-refractivity contribution is 6.31. The lowest BCUT2D eigenvalue weighted by molar-refractivity contribution is 0.0731. The fraction of sp³-hybridized carbons (Fsp3) is 0.0833. The van der Waals surface area contributed by atoms with Crippen molar-refractivity contribution in [1.82, 2.24) is 0 Å². The van der Waals surface area contributed by atoms with Crippen LogP contribution in [0.3, 0.4) is 0 Å². The third kappa shape index (κ3) is 3.98. The van der Waals surface area contributed by atoms with Crippen LogP contribution in [0.5, 0.6) is 17.2 Å². The molecule has 0 spiro atoms. The van der Waals surface area contributed by atoms with Gasteiger partial charge in [0.25, 0.3) is 0 Å². The van der Waals surface area contributed by atoms with Crippen LogP contribution in [0.4, 0.5) is 0 Å². The molecule has 0 radical (unpaired) electrons. The summed E-state index contributed by atoms with van der Waals surface area (Å²) in [6, 6.07) is 18.0. The van der Waals surface area contributed by atoms with Crippen molar-refractivity contribution >= 4 is 28.5 Å². The molecule has 0 aliphatic carbocycles. The van der Waals surface area contributed by atoms with Gasteiger partial charge in [-0.3, -0.25) is 4.79 Å². The molecule has 7 heteroatoms. The van der Waals surface area contributed by atoms with Crippen molar-refractivity contribution in [3.63, 3.8) is 0 Å². The molecule has 0 fully saturated rings. The molecule has 0 unspecified atom stereocenters. The maximum absolute atomic E-state index is 13.3. The van der Waals surface area contributed by atoms with Gasteiger partial charge in [-0.15, -0.1) is 0 Å². The third-order valence-corrected chi connectivity index (χ3v) is 4.90. The van der Waals surface area contributed by atoms with Crippen molar-refractivity contribution in [2.24, 2.45) is 0 Å². The molecular weight excluding hydrogens is 420 g/mol. The lowest BCUT2D eigenvalue weighted by Crippen LogP contribution is -2.16. The maximum atomic E-state index is 13.3. The predicted molar refractivity (Wildman–Crippen MR) is 117 cm³/mol. The molecule has 4 aromatic rings. The molecule has 4 rings (SSSR count). The number of hydrogen-bond donors (Lipinski definition) is 0. The summed E-state index contributed by atoms with van der Waals surface area (Å²) < 4.78 is 22.1. The van der Waals surface area contributed by atoms with E-state index in [0.29, 0.717) is 33.2 Å². The number of hydrogen-bond acceptors (Lipinski definition) is 6. The SMILES string of the molecule is COc1ccc(-c2oc3ccc(Cl)cc3c(=O)c2OC(=O)c2ccccc2)cc1OC. The summed E-state index contributed by atoms with van der Waals surface area (Å²) in [5.74, 6) is 0.0973. The van der Waals surface area contributed by atoms with E-state index in [0.717, 1.165) is 0 Å². The quantitative estimate of drug-likeness (QED) is 0.392. The summed E-state index contributed by atoms with van der Waals surface area (Å²) in [5, 5.41) is 0.562. The van der Waals surface area contributed by atoms with E-state index in [1.54, 1.807) is 60.7 Å². The first-order valence-electron chi connectivity index (χ1n) is 9.28. The van der Waals surface area contributed by atoms with E-state index in [-0.39, 0.29) is 16.9 Å². The summed E-state index contributed by atoms with van der Waals surface area (Å²) in [7, 11) is 3.01. The Morgan fingerprint density at radius 2 is 1.65 bits per heavy atom. The van der Waals surface area contributed by atoms with Gasteiger partial charge in [0.15, 0.2) is 17.3 Å². The van der Waals surface area contributed by atoms with Crippen LogP contribution in [0.2, 0.25) is 5.02 Å². The smallest absolute Gasteiger partial charge is 0.343 e. The van der Waals surface area contributed by atoms with Crippen LogP contribution in [-0.2, 0) is 0 Å². The summed E-state index contributed by atoms with van der Waals surface area (Å²) >= 11 is 6.06. The van der Waals surface area contributed by atoms with E-state index in [9.17, 15) is 9.59 Å². The monoisotopic (exact) mass is 436 g/mol. The molecular formula is C24H17ClO6. The van der Waals surface area contributed by atoms with Crippen LogP contribution in [0.15, 0.2) is 75.9 Å². The first-order valence-corrected chi connectivity index (χ1v) is 9.65. The van der Waals surface area contributed by atoms with Crippen molar-refractivity contribution < 1.29 is 23.4 Å². The average Bonchev–Trinajstić information content (AvgIpc) is 2.81. The van der Waals surface area contributed by atoms with E-state index < -0.39 is 11.4 Å². The minimum absolute atomic E-state index is 0.0880. The number of rotatable bonds is 5. The highest BCUT2D eigenvalue weighted by Crippen LogP contribution is 2.37. The number of carbonyl (C=O) groups excluding carboxylic acids is 1. The molecule has 0 amide bonds. The van der Waals surface area contributed by atoms with Crippen LogP contribution < -0.4 is 19.6 Å². The lowest BCUT2D eigenvalue weighted by Gasteiger charge is -2.13. The third-order valence-electron chi connectivity index (χ3n) is 4.66. The summed E-state index contributed by atoms with van der Waals surface area (Å²) in [6.07, 6.45) is 0. The number of halogens is 1. The van der Waals surface area contributed by atoms with E-state index >= 15 is 0 Å². The van der Waals surface area contributed by atoms with Crippen LogP contribution in [0.25, 0.3) is 22.3 Å². The van der Waals surface area contributed by atoms with Gasteiger partial charge in [-0.05, 0) is 48.5 Å². The van der Waals surface area contributed by atoms with Crippen molar-refractivity contribution in [2.45, 2.75) is 0 Å². The van der Waals surface area contributed by atoms with Crippen LogP contribution in [0.1, 0.15) is 10.4 Å². The van der Waals surface area contributed by atoms with Gasteiger partial charge in [0.05, 0.1) is 25.2 Å². The largest absolute Gasteiger partial charge is 0.493 e. The molecule has 6 nitrogen and oxygen atoms in total. The molecule has 1 aromatic heterocycles. The molecule has 0 aliphatic heterocycles. The standard InChI is InChI=1S/C24H17ClO6/c1-28-19-10-8-15(12-20(19)29-2)22-23(31-24(27)14-6-4-3-5-7-14)21(26)17-13-16(25)9-11-18(17)30-22/h3-13H,1-2H3. The molecule has 156 valence electrons. The van der Waals surface area contributed by atoms with E-state index in [4.69, 9.17) is 30.2 Å². The normalized spacial score (nSPS) is 10.7. The molecule has 0 atom stereocenters. The van der Waals surface area contributed by atoms with Gasteiger partial charge < -0.3 is 18.6 Å². The second kappa shape index (κ2) is 8.53. The second-order valence-corrected chi connectivity index (χ2v) is 6.99. The molecule has 31 heavy (non-hydrogen) atoms. The van der Waals surface area contributed by atoms with Crippen LogP contribution >= 0.6 is 11.6 Å². The van der Waals surface area contributed by atoms with Gasteiger partial charge in [0.1, 0.15) is 5.58 Å². The molecule has 0 aliphatic rings. The fourth-order valence-electron chi connectivity index (χ4n) is 3.14. The molecule has 0 saturated heterocycles. The number of benzene rings is 3. The van der Waals surface area contributed by atoms with E-state index in [1.165, 1.54) is 20.3 Å². The molecule has 0 bridgehead atoms. The second-order valence-electron chi connectivity index (χ2n) is 6.56. The minimum atomic E-state index is -0.684. The highest BCUT2D eigenvalue weighted by Gasteiger charge is 2.22. The summed E-state index contributed by atoms with van der Waals surface area (Å²) in [4.78, 5) is 26.0. The first kappa shape index (κ1) is 20.5. The van der Waals surface area contributed by atoms with Crippen LogP contribution in [-0.4, -0.2) is 20.2 Å². The Kier molecular flexibility index (Phi) is 5.64. The molecule has 0 N–H and O–H groups in total. The van der Waals surface area contributed by atoms with Gasteiger partial charge in [0, 0.05) is 10.6 Å². The van der Waals surface area contributed by atoms with Gasteiger partial charge >= 0.3 is 5.97 Å². The Morgan fingerprint density at radius 1 is 0.903 bits per heavy atom. The first-order chi connectivity index (χ1) is 15.0. The summed E-state index contributed by atoms with van der Waals surface area (Å²) in [5.41, 5.74) is 0.560. The Labute approximate surface area is 182 Å². The number of carbonyl (C=O) groups is 1. The predicted octanol–water partition coefficient (Wildman–Crippen LogP) is 5.35. The molecule has 3 aromatic carbocycles. The average molecular weight is 437 g/mol. The molecule has 1 heterocycles. The van der Waals surface area contributed by atoms with E-state index in [1.807, 2.05) is 0 Å². The Morgan fingerprint density at radius 3 is 2.35 bits per heavy atom. The van der Waals surface area contributed by atoms with Crippen molar-refractivity contribution in [1.29, 1.82) is 0 Å². The zero-order chi connectivity index (χ0) is 22.0. The number of ether oxygens (including phenoxy) is 3. The Balaban J connectivity index is 1.93. The number of fused-ring (bicyclic) bond motifs is 1. The summed E-state index contributed by atoms with van der Waals surface area (Å²) in [6.45, 7) is 0. The highest BCUT2D eigenvalue weighted by atomic mass is 35.5. The number of methoxy groups -OCH3 is 2. The topological polar surface area (TPSA) is 75.0 Å². The number of esters is 1. The minimum Gasteiger partial charge on any atom is -0.493 e. The zero-order valence-electron chi connectivity index (χ0n) is 16.7. The lowest BCUT2D eigenvalue weighted by atomic mass is 10.1. The van der Waals surface area contributed by atoms with Crippen LogP contribution in [0, 0.1) is 0 Å². The fourth-order valence-corrected chi connectivity index (χ4v) is 3.31. The van der Waals surface area contributed by atoms with Crippen molar-refractivity contribution in [3.05, 3.63) is 87.5 Å². The van der Waals surface area contributed by atoms with Crippen molar-refractivity contribution in [2.75, 3.05) is 14.2 Å². The molecule has 0 saturated carbocycles. The Bertz CT molecular complexity index is 1330. The van der Waals surface area contributed by atoms with Gasteiger partial charge in [-0.25, -0.2) is 4.79 Å². The maximum Gasteiger partial charge on any atom is 0.343 e. The van der Waals surface area contributed by atoms with Gasteiger partial charge in [0.2, 0.25) is 11.2 Å².